The summed E-state index contributed by atoms with van der Waals surface area (Å²) in [6, 6.07) is 10.5. The summed E-state index contributed by atoms with van der Waals surface area (Å²) >= 11 is 0. The molecule has 1 aliphatic heterocycles. The predicted molar refractivity (Wildman–Crippen MR) is 69.9 cm³/mol. The minimum absolute atomic E-state index is 0.286. The van der Waals surface area contributed by atoms with Gasteiger partial charge < -0.3 is 10.5 Å². The molecule has 1 aromatic carbocycles. The third-order valence-corrected chi connectivity index (χ3v) is 3.59. The molecule has 98 valence electrons. The number of nitrogens with zero attached hydrogens (tertiary/aromatic N) is 1. The van der Waals surface area contributed by atoms with Gasteiger partial charge in [-0.05, 0) is 18.9 Å². The van der Waals surface area contributed by atoms with Crippen LogP contribution < -0.4 is 5.73 Å². The van der Waals surface area contributed by atoms with Gasteiger partial charge in [0.05, 0.1) is 7.11 Å². The Hall–Kier alpha value is -1.39. The first-order valence-electron chi connectivity index (χ1n) is 6.20. The van der Waals surface area contributed by atoms with E-state index >= 15 is 0 Å². The summed E-state index contributed by atoms with van der Waals surface area (Å²) in [5.41, 5.74) is 6.51. The maximum atomic E-state index is 11.7. The monoisotopic (exact) mass is 248 g/mol. The smallest absolute Gasteiger partial charge is 0.327 e. The number of likely N-dealkylation sites (tertiary alicyclic amines) is 1. The van der Waals surface area contributed by atoms with Gasteiger partial charge in [0.1, 0.15) is 5.54 Å². The highest BCUT2D eigenvalue weighted by atomic mass is 16.5. The third-order valence-electron chi connectivity index (χ3n) is 3.59. The summed E-state index contributed by atoms with van der Waals surface area (Å²) in [4.78, 5) is 13.9. The lowest BCUT2D eigenvalue weighted by molar-refractivity contribution is -0.146. The minimum atomic E-state index is -0.858. The SMILES string of the molecule is COC(=O)[C@]1(N)C[C@@H](C)N(Cc2ccccc2)C1. The van der Waals surface area contributed by atoms with E-state index in [0.717, 1.165) is 6.54 Å². The van der Waals surface area contributed by atoms with Crippen molar-refractivity contribution in [3.05, 3.63) is 35.9 Å². The summed E-state index contributed by atoms with van der Waals surface area (Å²) in [5, 5.41) is 0. The quantitative estimate of drug-likeness (QED) is 0.815. The molecule has 4 nitrogen and oxygen atoms in total. The van der Waals surface area contributed by atoms with Gasteiger partial charge in [0.2, 0.25) is 0 Å². The molecule has 0 saturated carbocycles. The van der Waals surface area contributed by atoms with Gasteiger partial charge in [-0.15, -0.1) is 0 Å². The molecule has 0 amide bonds. The van der Waals surface area contributed by atoms with Gasteiger partial charge in [0.25, 0.3) is 0 Å². The van der Waals surface area contributed by atoms with E-state index in [9.17, 15) is 4.79 Å². The normalized spacial score (nSPS) is 28.3. The van der Waals surface area contributed by atoms with Crippen molar-refractivity contribution in [2.24, 2.45) is 5.73 Å². The van der Waals surface area contributed by atoms with Crippen molar-refractivity contribution >= 4 is 5.97 Å². The van der Waals surface area contributed by atoms with Gasteiger partial charge in [0.15, 0.2) is 0 Å². The topological polar surface area (TPSA) is 55.6 Å². The highest BCUT2D eigenvalue weighted by Gasteiger charge is 2.45. The molecule has 0 aliphatic carbocycles. The standard InChI is InChI=1S/C14H20N2O2/c1-11-8-14(15,13(17)18-2)10-16(11)9-12-6-4-3-5-7-12/h3-7,11H,8-10,15H2,1-2H3/t11-,14+/m1/s1. The highest BCUT2D eigenvalue weighted by molar-refractivity contribution is 5.81. The molecule has 1 aliphatic rings. The number of carbonyl (C=O) groups excluding carboxylic acids is 1. The number of hydrogen-bond donors (Lipinski definition) is 1. The molecule has 0 aromatic heterocycles. The molecule has 2 N–H and O–H groups in total. The van der Waals surface area contributed by atoms with Crippen LogP contribution in [0.4, 0.5) is 0 Å². The summed E-state index contributed by atoms with van der Waals surface area (Å²) in [5.74, 6) is -0.315. The molecule has 4 heteroatoms. The fourth-order valence-electron chi connectivity index (χ4n) is 2.62. The first kappa shape index (κ1) is 13.1. The summed E-state index contributed by atoms with van der Waals surface area (Å²) in [7, 11) is 1.39. The Balaban J connectivity index is 2.06. The first-order chi connectivity index (χ1) is 8.55. The molecule has 18 heavy (non-hydrogen) atoms. The zero-order chi connectivity index (χ0) is 13.2. The van der Waals surface area contributed by atoms with E-state index in [1.165, 1.54) is 12.7 Å². The van der Waals surface area contributed by atoms with Crippen LogP contribution in [0.2, 0.25) is 0 Å². The van der Waals surface area contributed by atoms with Crippen molar-refractivity contribution in [2.45, 2.75) is 31.5 Å². The average molecular weight is 248 g/mol. The van der Waals surface area contributed by atoms with Crippen molar-refractivity contribution in [3.8, 4) is 0 Å². The Morgan fingerprint density at radius 2 is 2.17 bits per heavy atom. The van der Waals surface area contributed by atoms with E-state index in [1.807, 2.05) is 18.2 Å². The molecular weight excluding hydrogens is 228 g/mol. The lowest BCUT2D eigenvalue weighted by Crippen LogP contribution is -2.50. The van der Waals surface area contributed by atoms with E-state index in [1.54, 1.807) is 0 Å². The van der Waals surface area contributed by atoms with Gasteiger partial charge in [-0.2, -0.15) is 0 Å². The zero-order valence-electron chi connectivity index (χ0n) is 10.9. The van der Waals surface area contributed by atoms with Crippen LogP contribution in [0.3, 0.4) is 0 Å². The van der Waals surface area contributed by atoms with Gasteiger partial charge >= 0.3 is 5.97 Å². The number of esters is 1. The number of nitrogens with two attached hydrogens (primary N) is 1. The molecule has 1 aromatic rings. The van der Waals surface area contributed by atoms with Crippen LogP contribution in [0.5, 0.6) is 0 Å². The van der Waals surface area contributed by atoms with Crippen molar-refractivity contribution in [3.63, 3.8) is 0 Å². The number of carbonyl (C=O) groups is 1. The molecule has 0 unspecified atom stereocenters. The van der Waals surface area contributed by atoms with Crippen LogP contribution in [0.1, 0.15) is 18.9 Å². The zero-order valence-corrected chi connectivity index (χ0v) is 10.9. The van der Waals surface area contributed by atoms with Crippen molar-refractivity contribution in [2.75, 3.05) is 13.7 Å². The van der Waals surface area contributed by atoms with E-state index < -0.39 is 5.54 Å². The van der Waals surface area contributed by atoms with E-state index in [0.29, 0.717) is 13.0 Å². The predicted octanol–water partition coefficient (Wildman–Crippen LogP) is 1.15. The van der Waals surface area contributed by atoms with Crippen LogP contribution in [0.15, 0.2) is 30.3 Å². The second kappa shape index (κ2) is 5.08. The Labute approximate surface area is 108 Å². The number of ether oxygens (including phenoxy) is 1. The molecular formula is C14H20N2O2. The summed E-state index contributed by atoms with van der Waals surface area (Å²) in [6.45, 7) is 3.47. The Bertz CT molecular complexity index is 421. The second-order valence-electron chi connectivity index (χ2n) is 5.09. The van der Waals surface area contributed by atoms with Gasteiger partial charge in [-0.25, -0.2) is 0 Å². The van der Waals surface area contributed by atoms with Gasteiger partial charge in [0, 0.05) is 19.1 Å². The summed E-state index contributed by atoms with van der Waals surface area (Å²) < 4.78 is 4.79. The fourth-order valence-corrected chi connectivity index (χ4v) is 2.62. The Morgan fingerprint density at radius 3 is 2.78 bits per heavy atom. The molecule has 0 spiro atoms. The highest BCUT2D eigenvalue weighted by Crippen LogP contribution is 2.27. The van der Waals surface area contributed by atoms with Crippen LogP contribution >= 0.6 is 0 Å². The van der Waals surface area contributed by atoms with Gasteiger partial charge in [-0.3, -0.25) is 9.69 Å². The largest absolute Gasteiger partial charge is 0.468 e. The lowest BCUT2D eigenvalue weighted by atomic mass is 9.98. The Kier molecular flexibility index (Phi) is 3.68. The van der Waals surface area contributed by atoms with Crippen molar-refractivity contribution in [1.82, 2.24) is 4.90 Å². The van der Waals surface area contributed by atoms with Crippen LogP contribution in [-0.4, -0.2) is 36.1 Å². The molecule has 0 radical (unpaired) electrons. The molecule has 2 rings (SSSR count). The average Bonchev–Trinajstić information content (AvgIpc) is 2.66. The van der Waals surface area contributed by atoms with E-state index in [2.05, 4.69) is 24.0 Å². The number of rotatable bonds is 3. The summed E-state index contributed by atoms with van der Waals surface area (Å²) in [6.07, 6.45) is 0.645. The fraction of sp³-hybridized carbons (Fsp3) is 0.500. The third kappa shape index (κ3) is 2.54. The number of methoxy groups -OCH3 is 1. The number of hydrogen-bond acceptors (Lipinski definition) is 4. The van der Waals surface area contributed by atoms with E-state index in [-0.39, 0.29) is 12.0 Å². The molecule has 1 saturated heterocycles. The van der Waals surface area contributed by atoms with Crippen LogP contribution in [-0.2, 0) is 16.1 Å². The van der Waals surface area contributed by atoms with Crippen molar-refractivity contribution < 1.29 is 9.53 Å². The van der Waals surface area contributed by atoms with Gasteiger partial charge in [-0.1, -0.05) is 30.3 Å². The molecule has 2 atom stereocenters. The Morgan fingerprint density at radius 1 is 1.50 bits per heavy atom. The van der Waals surface area contributed by atoms with Crippen molar-refractivity contribution in [1.29, 1.82) is 0 Å². The molecule has 1 fully saturated rings. The maximum Gasteiger partial charge on any atom is 0.327 e. The maximum absolute atomic E-state index is 11.7. The van der Waals surface area contributed by atoms with Crippen LogP contribution in [0.25, 0.3) is 0 Å². The first-order valence-corrected chi connectivity index (χ1v) is 6.20. The second-order valence-corrected chi connectivity index (χ2v) is 5.09. The molecule has 0 bridgehead atoms. The minimum Gasteiger partial charge on any atom is -0.468 e. The van der Waals surface area contributed by atoms with Crippen LogP contribution in [0, 0.1) is 0 Å². The van der Waals surface area contributed by atoms with E-state index in [4.69, 9.17) is 10.5 Å². The number of benzene rings is 1. The molecule has 1 heterocycles. The lowest BCUT2D eigenvalue weighted by Gasteiger charge is -2.22.